The van der Waals surface area contributed by atoms with Crippen LogP contribution in [0.2, 0.25) is 0 Å². The predicted octanol–water partition coefficient (Wildman–Crippen LogP) is -0.883. The van der Waals surface area contributed by atoms with E-state index in [1.165, 1.54) is 0 Å². The summed E-state index contributed by atoms with van der Waals surface area (Å²) < 4.78 is 0. The minimum absolute atomic E-state index is 0.241. The summed E-state index contributed by atoms with van der Waals surface area (Å²) in [5, 5.41) is 12.2. The van der Waals surface area contributed by atoms with Gasteiger partial charge in [0.15, 0.2) is 12.0 Å². The Morgan fingerprint density at radius 3 is 2.58 bits per heavy atom. The molecule has 2 aliphatic carbocycles. The highest BCUT2D eigenvalue weighted by Gasteiger charge is 2.48. The van der Waals surface area contributed by atoms with Gasteiger partial charge in [0.2, 0.25) is 0 Å². The van der Waals surface area contributed by atoms with E-state index in [9.17, 15) is 9.90 Å². The van der Waals surface area contributed by atoms with Gasteiger partial charge in [-0.25, -0.2) is 0 Å². The van der Waals surface area contributed by atoms with Crippen LogP contribution >= 0.6 is 0 Å². The van der Waals surface area contributed by atoms with Crippen LogP contribution in [0.25, 0.3) is 0 Å². The molecule has 4 nitrogen and oxygen atoms in total. The summed E-state index contributed by atoms with van der Waals surface area (Å²) in [5.74, 6) is -0.241. The fourth-order valence-corrected chi connectivity index (χ4v) is 1.20. The molecule has 4 heteroatoms. The molecule has 1 unspecified atom stereocenters. The number of aliphatic hydroxyl groups excluding tert-OH is 1. The zero-order valence-electron chi connectivity index (χ0n) is 6.92. The molecule has 0 spiro atoms. The molecule has 2 rings (SSSR count). The number of hydrogen-bond acceptors (Lipinski definition) is 4. The molecule has 0 aromatic heterocycles. The minimum atomic E-state index is -1.04. The molecule has 12 heavy (non-hydrogen) atoms. The van der Waals surface area contributed by atoms with Crippen LogP contribution in [0.3, 0.4) is 0 Å². The van der Waals surface area contributed by atoms with Gasteiger partial charge in [0, 0.05) is 6.04 Å². The summed E-state index contributed by atoms with van der Waals surface area (Å²) in [4.78, 5) is 11.4. The van der Waals surface area contributed by atoms with E-state index in [2.05, 4.69) is 5.32 Å². The highest BCUT2D eigenvalue weighted by atomic mass is 16.3. The van der Waals surface area contributed by atoms with E-state index in [0.717, 1.165) is 25.7 Å². The third-order valence-electron chi connectivity index (χ3n) is 2.50. The normalized spacial score (nSPS) is 28.2. The van der Waals surface area contributed by atoms with Crippen molar-refractivity contribution in [1.29, 1.82) is 0 Å². The molecule has 0 aromatic rings. The van der Waals surface area contributed by atoms with Crippen LogP contribution in [0.5, 0.6) is 0 Å². The zero-order valence-corrected chi connectivity index (χ0v) is 6.92. The molecule has 0 bridgehead atoms. The number of nitrogens with one attached hydrogen (secondary N) is 1. The fraction of sp³-hybridized carbons (Fsp3) is 0.875. The van der Waals surface area contributed by atoms with E-state index in [4.69, 9.17) is 5.73 Å². The van der Waals surface area contributed by atoms with Crippen molar-refractivity contribution in [2.45, 2.75) is 43.5 Å². The van der Waals surface area contributed by atoms with Crippen molar-refractivity contribution >= 4 is 5.78 Å². The van der Waals surface area contributed by atoms with E-state index in [-0.39, 0.29) is 5.78 Å². The molecule has 0 saturated heterocycles. The number of carbonyl (C=O) groups is 1. The number of rotatable bonds is 4. The number of ketones is 1. The fourth-order valence-electron chi connectivity index (χ4n) is 1.20. The maximum absolute atomic E-state index is 11.4. The summed E-state index contributed by atoms with van der Waals surface area (Å²) in [6.45, 7) is 0. The van der Waals surface area contributed by atoms with Gasteiger partial charge in [-0.3, -0.25) is 10.1 Å². The van der Waals surface area contributed by atoms with Crippen molar-refractivity contribution in [2.24, 2.45) is 5.73 Å². The second kappa shape index (κ2) is 2.52. The van der Waals surface area contributed by atoms with Crippen molar-refractivity contribution in [3.8, 4) is 0 Å². The van der Waals surface area contributed by atoms with Crippen molar-refractivity contribution in [3.05, 3.63) is 0 Å². The second-order valence-corrected chi connectivity index (χ2v) is 3.86. The Labute approximate surface area is 71.1 Å². The lowest BCUT2D eigenvalue weighted by atomic mass is 10.1. The largest absolute Gasteiger partial charge is 0.371 e. The van der Waals surface area contributed by atoms with Crippen LogP contribution in [0, 0.1) is 0 Å². The van der Waals surface area contributed by atoms with Gasteiger partial charge >= 0.3 is 0 Å². The van der Waals surface area contributed by atoms with Gasteiger partial charge in [-0.2, -0.15) is 0 Å². The monoisotopic (exact) mass is 170 g/mol. The number of aliphatic hydroxyl groups is 1. The summed E-state index contributed by atoms with van der Waals surface area (Å²) in [7, 11) is 0. The third-order valence-corrected chi connectivity index (χ3v) is 2.50. The van der Waals surface area contributed by atoms with E-state index < -0.39 is 11.8 Å². The molecular weight excluding hydrogens is 156 g/mol. The number of Topliss-reactive ketones (excluding diaryl/α,β-unsaturated/α-hetero) is 1. The lowest BCUT2D eigenvalue weighted by Gasteiger charge is -2.14. The van der Waals surface area contributed by atoms with Gasteiger partial charge in [-0.1, -0.05) is 0 Å². The molecular formula is C8H14N2O2. The van der Waals surface area contributed by atoms with E-state index in [0.29, 0.717) is 6.04 Å². The first kappa shape index (κ1) is 8.16. The highest BCUT2D eigenvalue weighted by Crippen LogP contribution is 2.34. The molecule has 2 saturated carbocycles. The smallest absolute Gasteiger partial charge is 0.195 e. The average Bonchev–Trinajstić information content (AvgIpc) is 2.87. The van der Waals surface area contributed by atoms with Crippen molar-refractivity contribution in [1.82, 2.24) is 5.32 Å². The molecule has 0 aliphatic heterocycles. The van der Waals surface area contributed by atoms with Gasteiger partial charge in [-0.15, -0.1) is 0 Å². The first-order valence-corrected chi connectivity index (χ1v) is 4.39. The zero-order chi connectivity index (χ0) is 8.77. The van der Waals surface area contributed by atoms with Gasteiger partial charge in [0.05, 0.1) is 5.54 Å². The van der Waals surface area contributed by atoms with E-state index >= 15 is 0 Å². The molecule has 1 atom stereocenters. The van der Waals surface area contributed by atoms with Gasteiger partial charge in [0.1, 0.15) is 0 Å². The minimum Gasteiger partial charge on any atom is -0.371 e. The quantitative estimate of drug-likeness (QED) is 0.479. The summed E-state index contributed by atoms with van der Waals surface area (Å²) in [5.41, 5.74) is 4.93. The van der Waals surface area contributed by atoms with Crippen LogP contribution in [0.15, 0.2) is 0 Å². The average molecular weight is 170 g/mol. The van der Waals surface area contributed by atoms with Gasteiger partial charge < -0.3 is 10.8 Å². The number of carbonyl (C=O) groups excluding carboxylic acids is 1. The van der Waals surface area contributed by atoms with Crippen molar-refractivity contribution in [2.75, 3.05) is 0 Å². The summed E-state index contributed by atoms with van der Waals surface area (Å²) >= 11 is 0. The molecule has 2 aliphatic rings. The Bertz CT molecular complexity index is 209. The standard InChI is InChI=1S/C8H14N2O2/c9-8(3-4-8)6(11)7(12)10-5-1-2-5/h5,7,10,12H,1-4,9H2. The number of hydrogen-bond donors (Lipinski definition) is 3. The first-order valence-electron chi connectivity index (χ1n) is 4.39. The Balaban J connectivity index is 1.85. The van der Waals surface area contributed by atoms with Gasteiger partial charge in [0.25, 0.3) is 0 Å². The Morgan fingerprint density at radius 1 is 1.58 bits per heavy atom. The molecule has 2 fully saturated rings. The third kappa shape index (κ3) is 1.50. The van der Waals surface area contributed by atoms with Crippen molar-refractivity contribution in [3.63, 3.8) is 0 Å². The molecule has 0 amide bonds. The van der Waals surface area contributed by atoms with E-state index in [1.54, 1.807) is 0 Å². The summed E-state index contributed by atoms with van der Waals surface area (Å²) in [6, 6.07) is 0.339. The highest BCUT2D eigenvalue weighted by molar-refractivity contribution is 5.94. The molecule has 0 radical (unpaired) electrons. The van der Waals surface area contributed by atoms with Crippen LogP contribution in [-0.2, 0) is 4.79 Å². The van der Waals surface area contributed by atoms with Crippen LogP contribution in [0.4, 0.5) is 0 Å². The Hall–Kier alpha value is -0.450. The number of nitrogens with two attached hydrogens (primary N) is 1. The predicted molar refractivity (Wildman–Crippen MR) is 43.3 cm³/mol. The van der Waals surface area contributed by atoms with Crippen LogP contribution in [0.1, 0.15) is 25.7 Å². The van der Waals surface area contributed by atoms with Gasteiger partial charge in [-0.05, 0) is 25.7 Å². The SMILES string of the molecule is NC1(C(=O)C(O)NC2CC2)CC1. The summed E-state index contributed by atoms with van der Waals surface area (Å²) in [6.07, 6.45) is 2.51. The maximum atomic E-state index is 11.4. The molecule has 0 aromatic carbocycles. The van der Waals surface area contributed by atoms with E-state index in [1.807, 2.05) is 0 Å². The Morgan fingerprint density at radius 2 is 2.17 bits per heavy atom. The Kier molecular flexibility index (Phi) is 1.71. The van der Waals surface area contributed by atoms with Crippen LogP contribution < -0.4 is 11.1 Å². The molecule has 68 valence electrons. The molecule has 4 N–H and O–H groups in total. The first-order chi connectivity index (χ1) is 5.62. The van der Waals surface area contributed by atoms with Crippen molar-refractivity contribution < 1.29 is 9.90 Å². The lowest BCUT2D eigenvalue weighted by Crippen LogP contribution is -2.48. The molecule has 0 heterocycles. The van der Waals surface area contributed by atoms with Crippen LogP contribution in [-0.4, -0.2) is 28.7 Å². The maximum Gasteiger partial charge on any atom is 0.195 e. The second-order valence-electron chi connectivity index (χ2n) is 3.86. The lowest BCUT2D eigenvalue weighted by molar-refractivity contribution is -0.131. The topological polar surface area (TPSA) is 75.4 Å².